The van der Waals surface area contributed by atoms with Crippen molar-refractivity contribution in [3.8, 4) is 0 Å². The summed E-state index contributed by atoms with van der Waals surface area (Å²) in [6.45, 7) is 3.07. The van der Waals surface area contributed by atoms with Crippen LogP contribution >= 0.6 is 0 Å². The van der Waals surface area contributed by atoms with Crippen LogP contribution in [0.5, 0.6) is 0 Å². The number of allylic oxidation sites excluding steroid dienone is 1. The van der Waals surface area contributed by atoms with Crippen LogP contribution in [0.1, 0.15) is 37.7 Å². The van der Waals surface area contributed by atoms with Crippen LogP contribution in [0.4, 0.5) is 4.39 Å². The van der Waals surface area contributed by atoms with E-state index in [4.69, 9.17) is 0 Å². The molecule has 0 aromatic heterocycles. The fraction of sp³-hybridized carbons (Fsp3) is 0.467. The number of nitrogens with one attached hydrogen (secondary N) is 1. The van der Waals surface area contributed by atoms with E-state index in [2.05, 4.69) is 17.5 Å². The molecule has 1 N–H and O–H groups in total. The Labute approximate surface area is 103 Å². The first-order chi connectivity index (χ1) is 8.31. The Morgan fingerprint density at radius 1 is 1.35 bits per heavy atom. The van der Waals surface area contributed by atoms with Crippen LogP contribution in [-0.2, 0) is 0 Å². The van der Waals surface area contributed by atoms with Gasteiger partial charge in [0.2, 0.25) is 0 Å². The molecule has 0 saturated heterocycles. The zero-order valence-corrected chi connectivity index (χ0v) is 10.3. The van der Waals surface area contributed by atoms with Crippen molar-refractivity contribution in [1.82, 2.24) is 5.32 Å². The molecule has 92 valence electrons. The van der Waals surface area contributed by atoms with Gasteiger partial charge in [-0.3, -0.25) is 0 Å². The first kappa shape index (κ1) is 12.3. The van der Waals surface area contributed by atoms with Crippen molar-refractivity contribution in [2.75, 3.05) is 6.54 Å². The smallest absolute Gasteiger partial charge is 0.126 e. The highest BCUT2D eigenvalue weighted by Crippen LogP contribution is 2.37. The molecule has 0 atom stereocenters. The van der Waals surface area contributed by atoms with Gasteiger partial charge in [0.05, 0.1) is 0 Å². The maximum Gasteiger partial charge on any atom is 0.126 e. The molecule has 1 nitrogen and oxygen atoms in total. The van der Waals surface area contributed by atoms with Gasteiger partial charge < -0.3 is 5.32 Å². The van der Waals surface area contributed by atoms with Crippen molar-refractivity contribution in [1.29, 1.82) is 0 Å². The second kappa shape index (κ2) is 5.97. The lowest BCUT2D eigenvalue weighted by Gasteiger charge is -2.36. The van der Waals surface area contributed by atoms with Gasteiger partial charge in [-0.25, -0.2) is 4.39 Å². The molecule has 2 heteroatoms. The summed E-state index contributed by atoms with van der Waals surface area (Å²) in [5, 5.41) is 3.50. The van der Waals surface area contributed by atoms with Gasteiger partial charge in [-0.2, -0.15) is 0 Å². The SMILES string of the molecule is C/C=C/CCNC1CC(c2ccccc2F)C1. The number of hydrogen-bond donors (Lipinski definition) is 1. The zero-order chi connectivity index (χ0) is 12.1. The van der Waals surface area contributed by atoms with Crippen molar-refractivity contribution >= 4 is 0 Å². The van der Waals surface area contributed by atoms with E-state index in [0.29, 0.717) is 12.0 Å². The Hall–Kier alpha value is -1.15. The summed E-state index contributed by atoms with van der Waals surface area (Å²) in [6, 6.07) is 7.72. The molecule has 0 bridgehead atoms. The molecule has 0 amide bonds. The summed E-state index contributed by atoms with van der Waals surface area (Å²) in [5.41, 5.74) is 0.888. The Morgan fingerprint density at radius 2 is 2.12 bits per heavy atom. The van der Waals surface area contributed by atoms with Crippen LogP contribution in [0.25, 0.3) is 0 Å². The Morgan fingerprint density at radius 3 is 2.82 bits per heavy atom. The number of benzene rings is 1. The van der Waals surface area contributed by atoms with Crippen LogP contribution < -0.4 is 5.32 Å². The fourth-order valence-corrected chi connectivity index (χ4v) is 2.38. The molecular weight excluding hydrogens is 213 g/mol. The maximum atomic E-state index is 13.5. The molecule has 2 rings (SSSR count). The summed E-state index contributed by atoms with van der Waals surface area (Å²) >= 11 is 0. The van der Waals surface area contributed by atoms with E-state index in [0.717, 1.165) is 31.4 Å². The van der Waals surface area contributed by atoms with E-state index in [1.54, 1.807) is 12.1 Å². The lowest BCUT2D eigenvalue weighted by molar-refractivity contribution is 0.287. The van der Waals surface area contributed by atoms with E-state index < -0.39 is 0 Å². The lowest BCUT2D eigenvalue weighted by Crippen LogP contribution is -2.40. The van der Waals surface area contributed by atoms with E-state index in [-0.39, 0.29) is 5.82 Å². The van der Waals surface area contributed by atoms with Crippen molar-refractivity contribution < 1.29 is 4.39 Å². The van der Waals surface area contributed by atoms with Gasteiger partial charge in [-0.1, -0.05) is 30.4 Å². The molecule has 0 radical (unpaired) electrons. The normalized spacial score (nSPS) is 23.9. The third-order valence-corrected chi connectivity index (χ3v) is 3.46. The first-order valence-electron chi connectivity index (χ1n) is 6.40. The number of hydrogen-bond acceptors (Lipinski definition) is 1. The van der Waals surface area contributed by atoms with Crippen LogP contribution in [0, 0.1) is 5.82 Å². The molecule has 0 spiro atoms. The third-order valence-electron chi connectivity index (χ3n) is 3.46. The van der Waals surface area contributed by atoms with Crippen LogP contribution in [0.3, 0.4) is 0 Å². The van der Waals surface area contributed by atoms with E-state index in [1.807, 2.05) is 19.1 Å². The molecule has 0 aliphatic heterocycles. The highest BCUT2D eigenvalue weighted by atomic mass is 19.1. The van der Waals surface area contributed by atoms with Gasteiger partial charge in [0.15, 0.2) is 0 Å². The second-order valence-electron chi connectivity index (χ2n) is 4.70. The summed E-state index contributed by atoms with van der Waals surface area (Å²) in [5.74, 6) is 0.361. The van der Waals surface area contributed by atoms with Crippen molar-refractivity contribution in [2.45, 2.75) is 38.1 Å². The fourth-order valence-electron chi connectivity index (χ4n) is 2.38. The Balaban J connectivity index is 1.74. The first-order valence-corrected chi connectivity index (χ1v) is 6.40. The maximum absolute atomic E-state index is 13.5. The number of rotatable bonds is 5. The molecule has 1 aromatic rings. The van der Waals surface area contributed by atoms with E-state index >= 15 is 0 Å². The predicted molar refractivity (Wildman–Crippen MR) is 69.6 cm³/mol. The molecule has 17 heavy (non-hydrogen) atoms. The van der Waals surface area contributed by atoms with Crippen molar-refractivity contribution in [3.63, 3.8) is 0 Å². The standard InChI is InChI=1S/C15H20FN/c1-2-3-6-9-17-13-10-12(11-13)14-7-4-5-8-15(14)16/h2-5,7-8,12-13,17H,6,9-11H2,1H3/b3-2+. The molecule has 1 fully saturated rings. The lowest BCUT2D eigenvalue weighted by atomic mass is 9.75. The molecule has 0 unspecified atom stereocenters. The summed E-state index contributed by atoms with van der Waals surface area (Å²) in [6.07, 6.45) is 7.45. The number of halogens is 1. The van der Waals surface area contributed by atoms with Gasteiger partial charge >= 0.3 is 0 Å². The zero-order valence-electron chi connectivity index (χ0n) is 10.3. The van der Waals surface area contributed by atoms with Gasteiger partial charge in [0.25, 0.3) is 0 Å². The van der Waals surface area contributed by atoms with Gasteiger partial charge in [0.1, 0.15) is 5.82 Å². The average molecular weight is 233 g/mol. The van der Waals surface area contributed by atoms with E-state index in [1.165, 1.54) is 0 Å². The van der Waals surface area contributed by atoms with Crippen LogP contribution in [-0.4, -0.2) is 12.6 Å². The third kappa shape index (κ3) is 3.16. The monoisotopic (exact) mass is 233 g/mol. The minimum absolute atomic E-state index is 0.0510. The quantitative estimate of drug-likeness (QED) is 0.605. The Kier molecular flexibility index (Phi) is 4.32. The molecule has 1 aliphatic rings. The molecule has 1 aromatic carbocycles. The molecule has 0 heterocycles. The largest absolute Gasteiger partial charge is 0.314 e. The van der Waals surface area contributed by atoms with Crippen molar-refractivity contribution in [2.24, 2.45) is 0 Å². The van der Waals surface area contributed by atoms with Crippen LogP contribution in [0.15, 0.2) is 36.4 Å². The average Bonchev–Trinajstić information content (AvgIpc) is 2.28. The highest BCUT2D eigenvalue weighted by molar-refractivity contribution is 5.24. The molecule has 1 aliphatic carbocycles. The van der Waals surface area contributed by atoms with Gasteiger partial charge in [-0.05, 0) is 50.3 Å². The van der Waals surface area contributed by atoms with Gasteiger partial charge in [-0.15, -0.1) is 0 Å². The summed E-state index contributed by atoms with van der Waals surface area (Å²) < 4.78 is 13.5. The second-order valence-corrected chi connectivity index (χ2v) is 4.70. The molecular formula is C15H20FN. The van der Waals surface area contributed by atoms with Gasteiger partial charge in [0, 0.05) is 6.04 Å². The topological polar surface area (TPSA) is 12.0 Å². The summed E-state index contributed by atoms with van der Waals surface area (Å²) in [7, 11) is 0. The van der Waals surface area contributed by atoms with Crippen LogP contribution in [0.2, 0.25) is 0 Å². The van der Waals surface area contributed by atoms with Crippen molar-refractivity contribution in [3.05, 3.63) is 47.8 Å². The minimum Gasteiger partial charge on any atom is -0.314 e. The molecule has 1 saturated carbocycles. The predicted octanol–water partition coefficient (Wildman–Crippen LogP) is 3.63. The summed E-state index contributed by atoms with van der Waals surface area (Å²) in [4.78, 5) is 0. The highest BCUT2D eigenvalue weighted by Gasteiger charge is 2.31. The van der Waals surface area contributed by atoms with E-state index in [9.17, 15) is 4.39 Å². The Bertz CT molecular complexity index is 380. The minimum atomic E-state index is -0.0510.